The summed E-state index contributed by atoms with van der Waals surface area (Å²) in [4.78, 5) is 16.9. The highest BCUT2D eigenvalue weighted by Crippen LogP contribution is 2.25. The summed E-state index contributed by atoms with van der Waals surface area (Å²) in [5, 5.41) is 9.22. The predicted molar refractivity (Wildman–Crippen MR) is 65.4 cm³/mol. The molecule has 1 aliphatic rings. The summed E-state index contributed by atoms with van der Waals surface area (Å²) < 4.78 is 0. The number of para-hydroxylation sites is 1. The first kappa shape index (κ1) is 11.4. The molecule has 90 valence electrons. The van der Waals surface area contributed by atoms with Crippen LogP contribution >= 0.6 is 0 Å². The molecule has 0 radical (unpaired) electrons. The number of hydrogen-bond acceptors (Lipinski definition) is 3. The van der Waals surface area contributed by atoms with Crippen molar-refractivity contribution < 1.29 is 9.90 Å². The Bertz CT molecular complexity index is 471. The van der Waals surface area contributed by atoms with Crippen molar-refractivity contribution >= 4 is 17.6 Å². The van der Waals surface area contributed by atoms with E-state index in [0.717, 1.165) is 11.3 Å². The van der Waals surface area contributed by atoms with E-state index in [1.807, 2.05) is 31.2 Å². The van der Waals surface area contributed by atoms with E-state index >= 15 is 0 Å². The van der Waals surface area contributed by atoms with Crippen molar-refractivity contribution in [3.05, 3.63) is 29.8 Å². The first-order chi connectivity index (χ1) is 8.13. The molecule has 0 bridgehead atoms. The molecule has 0 aliphatic carbocycles. The lowest BCUT2D eigenvalue weighted by Gasteiger charge is -2.26. The zero-order valence-electron chi connectivity index (χ0n) is 9.63. The Balaban J connectivity index is 2.48. The number of amides is 1. The molecule has 1 amide bonds. The summed E-state index contributed by atoms with van der Waals surface area (Å²) in [7, 11) is 0. The molecule has 5 nitrogen and oxygen atoms in total. The third kappa shape index (κ3) is 2.08. The molecule has 0 spiro atoms. The highest BCUT2D eigenvalue weighted by atomic mass is 16.4. The topological polar surface area (TPSA) is 78.9 Å². The van der Waals surface area contributed by atoms with E-state index in [-0.39, 0.29) is 6.04 Å². The van der Waals surface area contributed by atoms with Gasteiger partial charge in [-0.1, -0.05) is 25.1 Å². The van der Waals surface area contributed by atoms with E-state index in [0.29, 0.717) is 18.8 Å². The van der Waals surface area contributed by atoms with Gasteiger partial charge >= 0.3 is 6.09 Å². The van der Waals surface area contributed by atoms with Gasteiger partial charge in [0, 0.05) is 0 Å². The van der Waals surface area contributed by atoms with E-state index in [2.05, 4.69) is 4.99 Å². The highest BCUT2D eigenvalue weighted by molar-refractivity contribution is 5.91. The standard InChI is InChI=1S/C12H15N3O2/c1-2-10-11(13)14-9-6-4-3-5-8(9)7-15(10)12(16)17/h3-6,10H,2,7H2,1H3,(H2,13,14)(H,16,17). The third-order valence-corrected chi connectivity index (χ3v) is 2.93. The summed E-state index contributed by atoms with van der Waals surface area (Å²) in [5.41, 5.74) is 7.52. The molecule has 0 saturated heterocycles. The summed E-state index contributed by atoms with van der Waals surface area (Å²) in [6.45, 7) is 2.23. The number of hydrogen-bond donors (Lipinski definition) is 2. The van der Waals surface area contributed by atoms with Crippen molar-refractivity contribution in [1.82, 2.24) is 4.90 Å². The van der Waals surface area contributed by atoms with Crippen molar-refractivity contribution in [1.29, 1.82) is 0 Å². The number of amidine groups is 1. The minimum absolute atomic E-state index is 0.328. The maximum absolute atomic E-state index is 11.2. The van der Waals surface area contributed by atoms with Crippen LogP contribution in [0, 0.1) is 0 Å². The number of benzene rings is 1. The van der Waals surface area contributed by atoms with E-state index in [9.17, 15) is 9.90 Å². The maximum atomic E-state index is 11.2. The Morgan fingerprint density at radius 3 is 2.94 bits per heavy atom. The summed E-state index contributed by atoms with van der Waals surface area (Å²) in [6.07, 6.45) is -0.345. The normalized spacial score (nSPS) is 19.2. The Morgan fingerprint density at radius 1 is 1.59 bits per heavy atom. The average Bonchev–Trinajstić information content (AvgIpc) is 2.44. The number of carboxylic acid groups (broad SMARTS) is 1. The summed E-state index contributed by atoms with van der Waals surface area (Å²) >= 11 is 0. The van der Waals surface area contributed by atoms with Gasteiger partial charge in [-0.2, -0.15) is 0 Å². The second kappa shape index (κ2) is 4.45. The first-order valence-corrected chi connectivity index (χ1v) is 5.55. The van der Waals surface area contributed by atoms with Gasteiger partial charge in [0.1, 0.15) is 5.84 Å². The van der Waals surface area contributed by atoms with E-state index in [1.54, 1.807) is 0 Å². The Labute approximate surface area is 99.6 Å². The van der Waals surface area contributed by atoms with E-state index < -0.39 is 6.09 Å². The number of nitrogens with zero attached hydrogens (tertiary/aromatic N) is 2. The predicted octanol–water partition coefficient (Wildman–Crippen LogP) is 1.95. The molecule has 0 fully saturated rings. The van der Waals surface area contributed by atoms with Crippen LogP contribution < -0.4 is 5.73 Å². The molecule has 1 unspecified atom stereocenters. The van der Waals surface area contributed by atoms with Crippen molar-refractivity contribution in [3.63, 3.8) is 0 Å². The quantitative estimate of drug-likeness (QED) is 0.778. The van der Waals surface area contributed by atoms with Gasteiger partial charge in [-0.05, 0) is 18.1 Å². The van der Waals surface area contributed by atoms with E-state index in [4.69, 9.17) is 5.73 Å². The Kier molecular flexibility index (Phi) is 2.99. The van der Waals surface area contributed by atoms with Gasteiger partial charge in [-0.3, -0.25) is 4.90 Å². The molecule has 0 aromatic heterocycles. The maximum Gasteiger partial charge on any atom is 0.408 e. The van der Waals surface area contributed by atoms with Crippen LogP contribution in [0.4, 0.5) is 10.5 Å². The molecule has 1 heterocycles. The van der Waals surface area contributed by atoms with Crippen LogP contribution in [0.25, 0.3) is 0 Å². The zero-order chi connectivity index (χ0) is 12.4. The van der Waals surface area contributed by atoms with Crippen LogP contribution in [0.5, 0.6) is 0 Å². The summed E-state index contributed by atoms with van der Waals surface area (Å²) in [5.74, 6) is 0.361. The minimum Gasteiger partial charge on any atom is -0.465 e. The lowest BCUT2D eigenvalue weighted by Crippen LogP contribution is -2.45. The molecule has 1 aliphatic heterocycles. The molecule has 1 atom stereocenters. The molecule has 0 saturated carbocycles. The number of aliphatic imine (C=N–C) groups is 1. The molecule has 2 rings (SSSR count). The molecule has 17 heavy (non-hydrogen) atoms. The first-order valence-electron chi connectivity index (χ1n) is 5.55. The fourth-order valence-electron chi connectivity index (χ4n) is 2.05. The Hall–Kier alpha value is -2.04. The number of rotatable bonds is 1. The molecule has 1 aromatic rings. The fourth-order valence-corrected chi connectivity index (χ4v) is 2.05. The van der Waals surface area contributed by atoms with Crippen molar-refractivity contribution in [2.75, 3.05) is 0 Å². The third-order valence-electron chi connectivity index (χ3n) is 2.93. The van der Waals surface area contributed by atoms with Gasteiger partial charge in [-0.15, -0.1) is 0 Å². The van der Waals surface area contributed by atoms with Gasteiger partial charge < -0.3 is 10.8 Å². The monoisotopic (exact) mass is 233 g/mol. The lowest BCUT2D eigenvalue weighted by atomic mass is 10.1. The molecule has 5 heteroatoms. The highest BCUT2D eigenvalue weighted by Gasteiger charge is 2.28. The minimum atomic E-state index is -0.966. The zero-order valence-corrected chi connectivity index (χ0v) is 9.63. The fraction of sp³-hybridized carbons (Fsp3) is 0.333. The number of carbonyl (C=O) groups is 1. The van der Waals surface area contributed by atoms with Crippen LogP contribution in [0.2, 0.25) is 0 Å². The smallest absolute Gasteiger partial charge is 0.408 e. The van der Waals surface area contributed by atoms with Crippen LogP contribution in [0.1, 0.15) is 18.9 Å². The van der Waals surface area contributed by atoms with E-state index in [1.165, 1.54) is 4.90 Å². The van der Waals surface area contributed by atoms with Crippen molar-refractivity contribution in [2.45, 2.75) is 25.9 Å². The van der Waals surface area contributed by atoms with Crippen LogP contribution in [0.15, 0.2) is 29.3 Å². The number of fused-ring (bicyclic) bond motifs is 1. The van der Waals surface area contributed by atoms with Gasteiger partial charge in [0.2, 0.25) is 0 Å². The van der Waals surface area contributed by atoms with Crippen LogP contribution in [-0.4, -0.2) is 28.0 Å². The SMILES string of the molecule is CCC1C(N)=Nc2ccccc2CN1C(=O)O. The van der Waals surface area contributed by atoms with Gasteiger partial charge in [-0.25, -0.2) is 9.79 Å². The van der Waals surface area contributed by atoms with Crippen molar-refractivity contribution in [3.8, 4) is 0 Å². The second-order valence-corrected chi connectivity index (χ2v) is 4.00. The largest absolute Gasteiger partial charge is 0.465 e. The van der Waals surface area contributed by atoms with Gasteiger partial charge in [0.15, 0.2) is 0 Å². The van der Waals surface area contributed by atoms with Crippen LogP contribution in [-0.2, 0) is 6.54 Å². The molecular formula is C12H15N3O2. The van der Waals surface area contributed by atoms with Crippen molar-refractivity contribution in [2.24, 2.45) is 10.7 Å². The Morgan fingerprint density at radius 2 is 2.29 bits per heavy atom. The van der Waals surface area contributed by atoms with Gasteiger partial charge in [0.05, 0.1) is 18.3 Å². The molecular weight excluding hydrogens is 218 g/mol. The lowest BCUT2D eigenvalue weighted by molar-refractivity contribution is 0.133. The molecule has 1 aromatic carbocycles. The number of nitrogens with two attached hydrogens (primary N) is 1. The summed E-state index contributed by atoms with van der Waals surface area (Å²) in [6, 6.07) is 7.12. The molecule has 3 N–H and O–H groups in total. The second-order valence-electron chi connectivity index (χ2n) is 4.00. The van der Waals surface area contributed by atoms with Gasteiger partial charge in [0.25, 0.3) is 0 Å². The van der Waals surface area contributed by atoms with Crippen LogP contribution in [0.3, 0.4) is 0 Å². The average molecular weight is 233 g/mol.